The number of aromatic nitrogens is 1. The lowest BCUT2D eigenvalue weighted by Gasteiger charge is -2.13. The number of primary amides is 1. The van der Waals surface area contributed by atoms with E-state index in [4.69, 9.17) is 11.5 Å². The molecule has 0 saturated heterocycles. The molecule has 5 N–H and O–H groups in total. The standard InChI is InChI=1S/C9H10N4O2S/c10-7(14)6(8(11)16)13-9(15)5-1-3-12-4-2-5/h1-4,6H,(H2,10,14)(H2,11,16)(H,13,15)/t6-/m0/s1. The summed E-state index contributed by atoms with van der Waals surface area (Å²) in [7, 11) is 0. The Balaban J connectivity index is 2.77. The van der Waals surface area contributed by atoms with Crippen LogP contribution in [0.2, 0.25) is 0 Å². The third-order valence-corrected chi connectivity index (χ3v) is 2.02. The Morgan fingerprint density at radius 2 is 1.88 bits per heavy atom. The fraction of sp³-hybridized carbons (Fsp3) is 0.111. The third kappa shape index (κ3) is 2.99. The first-order valence-electron chi connectivity index (χ1n) is 4.32. The molecule has 1 aromatic rings. The molecule has 0 aliphatic carbocycles. The minimum Gasteiger partial charge on any atom is -0.391 e. The smallest absolute Gasteiger partial charge is 0.252 e. The molecule has 0 radical (unpaired) electrons. The first-order chi connectivity index (χ1) is 7.52. The first-order valence-corrected chi connectivity index (χ1v) is 4.72. The van der Waals surface area contributed by atoms with E-state index >= 15 is 0 Å². The van der Waals surface area contributed by atoms with Gasteiger partial charge >= 0.3 is 0 Å². The van der Waals surface area contributed by atoms with Crippen molar-refractivity contribution in [2.24, 2.45) is 11.5 Å². The molecule has 7 heteroatoms. The van der Waals surface area contributed by atoms with Gasteiger partial charge < -0.3 is 16.8 Å². The van der Waals surface area contributed by atoms with E-state index in [1.165, 1.54) is 24.5 Å². The number of nitrogens with two attached hydrogens (primary N) is 2. The Kier molecular flexibility index (Phi) is 3.90. The third-order valence-electron chi connectivity index (χ3n) is 1.79. The van der Waals surface area contributed by atoms with Crippen molar-refractivity contribution in [2.75, 3.05) is 0 Å². The van der Waals surface area contributed by atoms with Gasteiger partial charge in [-0.05, 0) is 12.1 Å². The molecule has 0 unspecified atom stereocenters. The van der Waals surface area contributed by atoms with Crippen LogP contribution in [0, 0.1) is 0 Å². The highest BCUT2D eigenvalue weighted by atomic mass is 32.1. The van der Waals surface area contributed by atoms with E-state index in [1.54, 1.807) is 0 Å². The number of pyridine rings is 1. The average Bonchev–Trinajstić information content (AvgIpc) is 2.25. The van der Waals surface area contributed by atoms with Crippen molar-refractivity contribution in [1.29, 1.82) is 0 Å². The quantitative estimate of drug-likeness (QED) is 0.580. The summed E-state index contributed by atoms with van der Waals surface area (Å²) in [6.07, 6.45) is 2.91. The first kappa shape index (κ1) is 12.1. The summed E-state index contributed by atoms with van der Waals surface area (Å²) in [4.78, 5) is 26.1. The van der Waals surface area contributed by atoms with Gasteiger partial charge in [0.1, 0.15) is 4.99 Å². The lowest BCUT2D eigenvalue weighted by Crippen LogP contribution is -2.51. The predicted molar refractivity (Wildman–Crippen MR) is 61.5 cm³/mol. The molecule has 2 amide bonds. The number of nitrogens with zero attached hydrogens (tertiary/aromatic N) is 1. The molecule has 1 atom stereocenters. The van der Waals surface area contributed by atoms with Gasteiger partial charge in [-0.15, -0.1) is 0 Å². The van der Waals surface area contributed by atoms with Gasteiger partial charge in [-0.3, -0.25) is 14.6 Å². The Morgan fingerprint density at radius 3 is 2.31 bits per heavy atom. The molecule has 0 aromatic carbocycles. The van der Waals surface area contributed by atoms with Crippen LogP contribution in [0.1, 0.15) is 10.4 Å². The van der Waals surface area contributed by atoms with E-state index in [0.29, 0.717) is 5.56 Å². The average molecular weight is 238 g/mol. The molecule has 1 aromatic heterocycles. The SMILES string of the molecule is NC(=O)[C@H](NC(=O)c1ccncc1)C(N)=S. The van der Waals surface area contributed by atoms with Crippen molar-refractivity contribution >= 4 is 29.0 Å². The monoisotopic (exact) mass is 238 g/mol. The van der Waals surface area contributed by atoms with Gasteiger partial charge in [0.05, 0.1) is 0 Å². The molecule has 6 nitrogen and oxygen atoms in total. The van der Waals surface area contributed by atoms with Crippen molar-refractivity contribution in [3.63, 3.8) is 0 Å². The van der Waals surface area contributed by atoms with Gasteiger partial charge in [0.15, 0.2) is 6.04 Å². The predicted octanol–water partition coefficient (Wildman–Crippen LogP) is -1.05. The lowest BCUT2D eigenvalue weighted by atomic mass is 10.2. The van der Waals surface area contributed by atoms with Gasteiger partial charge in [0, 0.05) is 18.0 Å². The molecule has 0 fully saturated rings. The van der Waals surface area contributed by atoms with Crippen LogP contribution in [0.15, 0.2) is 24.5 Å². The minimum absolute atomic E-state index is 0.171. The van der Waals surface area contributed by atoms with Crippen LogP contribution in [0.25, 0.3) is 0 Å². The second kappa shape index (κ2) is 5.17. The normalized spacial score (nSPS) is 11.5. The van der Waals surface area contributed by atoms with Gasteiger partial charge in [-0.25, -0.2) is 0 Å². The van der Waals surface area contributed by atoms with Gasteiger partial charge in [0.2, 0.25) is 5.91 Å². The van der Waals surface area contributed by atoms with Crippen LogP contribution in [0.3, 0.4) is 0 Å². The number of rotatable bonds is 4. The summed E-state index contributed by atoms with van der Waals surface area (Å²) < 4.78 is 0. The maximum absolute atomic E-state index is 11.6. The Hall–Kier alpha value is -2.02. The number of hydrogen-bond acceptors (Lipinski definition) is 4. The van der Waals surface area contributed by atoms with Crippen LogP contribution < -0.4 is 16.8 Å². The highest BCUT2D eigenvalue weighted by Gasteiger charge is 2.21. The number of hydrogen-bond donors (Lipinski definition) is 3. The van der Waals surface area contributed by atoms with Gasteiger partial charge in [0.25, 0.3) is 5.91 Å². The van der Waals surface area contributed by atoms with Crippen LogP contribution in [0.4, 0.5) is 0 Å². The van der Waals surface area contributed by atoms with E-state index in [0.717, 1.165) is 0 Å². The van der Waals surface area contributed by atoms with Crippen molar-refractivity contribution in [1.82, 2.24) is 10.3 Å². The van der Waals surface area contributed by atoms with Crippen LogP contribution in [0.5, 0.6) is 0 Å². The van der Waals surface area contributed by atoms with E-state index in [-0.39, 0.29) is 4.99 Å². The zero-order chi connectivity index (χ0) is 12.1. The zero-order valence-electron chi connectivity index (χ0n) is 8.21. The zero-order valence-corrected chi connectivity index (χ0v) is 9.03. The topological polar surface area (TPSA) is 111 Å². The largest absolute Gasteiger partial charge is 0.391 e. The fourth-order valence-corrected chi connectivity index (χ4v) is 1.18. The van der Waals surface area contributed by atoms with Crippen molar-refractivity contribution in [3.8, 4) is 0 Å². The number of thiocarbonyl (C=S) groups is 1. The molecule has 0 aliphatic heterocycles. The number of carbonyl (C=O) groups excluding carboxylic acids is 2. The molecule has 1 heterocycles. The van der Waals surface area contributed by atoms with Crippen molar-refractivity contribution in [3.05, 3.63) is 30.1 Å². The summed E-state index contributed by atoms with van der Waals surface area (Å²) in [5.74, 6) is -1.28. The molecule has 1 rings (SSSR count). The van der Waals surface area contributed by atoms with E-state index in [2.05, 4.69) is 22.5 Å². The summed E-state index contributed by atoms with van der Waals surface area (Å²) in [5, 5.41) is 2.32. The highest BCUT2D eigenvalue weighted by Crippen LogP contribution is 1.97. The lowest BCUT2D eigenvalue weighted by molar-refractivity contribution is -0.118. The number of carbonyl (C=O) groups is 2. The van der Waals surface area contributed by atoms with Crippen LogP contribution in [-0.4, -0.2) is 27.8 Å². The minimum atomic E-state index is -1.14. The Morgan fingerprint density at radius 1 is 1.31 bits per heavy atom. The molecule has 84 valence electrons. The van der Waals surface area contributed by atoms with Gasteiger partial charge in [-0.2, -0.15) is 0 Å². The number of amides is 2. The second-order valence-electron chi connectivity index (χ2n) is 2.95. The molecular formula is C9H10N4O2S. The van der Waals surface area contributed by atoms with Crippen molar-refractivity contribution in [2.45, 2.75) is 6.04 Å². The summed E-state index contributed by atoms with van der Waals surface area (Å²) in [5.41, 5.74) is 10.6. The highest BCUT2D eigenvalue weighted by molar-refractivity contribution is 7.80. The van der Waals surface area contributed by atoms with Gasteiger partial charge in [-0.1, -0.05) is 12.2 Å². The van der Waals surface area contributed by atoms with Crippen LogP contribution in [-0.2, 0) is 4.79 Å². The Bertz CT molecular complexity index is 407. The van der Waals surface area contributed by atoms with E-state index < -0.39 is 17.9 Å². The molecule has 16 heavy (non-hydrogen) atoms. The molecule has 0 spiro atoms. The molecular weight excluding hydrogens is 228 g/mol. The second-order valence-corrected chi connectivity index (χ2v) is 3.42. The molecule has 0 saturated carbocycles. The van der Waals surface area contributed by atoms with Crippen LogP contribution >= 0.6 is 12.2 Å². The summed E-state index contributed by atoms with van der Waals surface area (Å²) in [6.45, 7) is 0. The fourth-order valence-electron chi connectivity index (χ4n) is 1.00. The summed E-state index contributed by atoms with van der Waals surface area (Å²) >= 11 is 4.61. The number of nitrogens with one attached hydrogen (secondary N) is 1. The van der Waals surface area contributed by atoms with Crippen molar-refractivity contribution < 1.29 is 9.59 Å². The molecule has 0 bridgehead atoms. The summed E-state index contributed by atoms with van der Waals surface area (Å²) in [6, 6.07) is 1.84. The van der Waals surface area contributed by atoms with E-state index in [1.807, 2.05) is 0 Å². The van der Waals surface area contributed by atoms with E-state index in [9.17, 15) is 9.59 Å². The maximum Gasteiger partial charge on any atom is 0.252 e. The maximum atomic E-state index is 11.6. The Labute approximate surface area is 97.0 Å². The molecule has 0 aliphatic rings.